The maximum Gasteiger partial charge on any atom is 0.196 e. The largest absolute Gasteiger partial charge is 0.277 e. The third-order valence-corrected chi connectivity index (χ3v) is 5.87. The van der Waals surface area contributed by atoms with Gasteiger partial charge in [-0.1, -0.05) is 59.9 Å². The van der Waals surface area contributed by atoms with Crippen LogP contribution in [0.3, 0.4) is 0 Å². The first-order valence-corrected chi connectivity index (χ1v) is 8.97. The van der Waals surface area contributed by atoms with E-state index in [0.717, 1.165) is 20.8 Å². The van der Waals surface area contributed by atoms with Crippen LogP contribution in [0.4, 0.5) is 0 Å². The molecule has 5 aromatic rings. The fourth-order valence-corrected chi connectivity index (χ4v) is 4.82. The Kier molecular flexibility index (Phi) is 2.84. The zero-order chi connectivity index (χ0) is 15.4. The van der Waals surface area contributed by atoms with Crippen molar-refractivity contribution >= 4 is 53.2 Å². The van der Waals surface area contributed by atoms with Gasteiger partial charge in [0, 0.05) is 5.56 Å². The van der Waals surface area contributed by atoms with Crippen molar-refractivity contribution in [1.29, 1.82) is 0 Å². The van der Waals surface area contributed by atoms with Crippen LogP contribution in [0.5, 0.6) is 0 Å². The predicted molar refractivity (Wildman–Crippen MR) is 101 cm³/mol. The summed E-state index contributed by atoms with van der Waals surface area (Å²) in [6, 6.07) is 23.3. The first-order chi connectivity index (χ1) is 11.3. The standard InChI is InChI=1S/C19H11BrN2S/c20-18-17(14-10-9-12-5-1-2-6-13(12)11-14)21-19-22(18)15-7-3-4-8-16(15)23-19/h1-11H. The van der Waals surface area contributed by atoms with Crippen LogP contribution in [-0.2, 0) is 0 Å². The number of thiazole rings is 1. The maximum atomic E-state index is 4.86. The first-order valence-electron chi connectivity index (χ1n) is 7.36. The summed E-state index contributed by atoms with van der Waals surface area (Å²) in [6.07, 6.45) is 0. The predicted octanol–water partition coefficient (Wildman–Crippen LogP) is 6.13. The van der Waals surface area contributed by atoms with Crippen molar-refractivity contribution in [3.63, 3.8) is 0 Å². The number of imidazole rings is 1. The van der Waals surface area contributed by atoms with Gasteiger partial charge in [-0.2, -0.15) is 0 Å². The van der Waals surface area contributed by atoms with Crippen LogP contribution < -0.4 is 0 Å². The third kappa shape index (κ3) is 1.95. The van der Waals surface area contributed by atoms with Crippen LogP contribution in [0.1, 0.15) is 0 Å². The van der Waals surface area contributed by atoms with Crippen molar-refractivity contribution in [2.75, 3.05) is 0 Å². The van der Waals surface area contributed by atoms with Gasteiger partial charge < -0.3 is 0 Å². The van der Waals surface area contributed by atoms with Crippen LogP contribution in [0, 0.1) is 0 Å². The molecule has 23 heavy (non-hydrogen) atoms. The Morgan fingerprint density at radius 3 is 2.57 bits per heavy atom. The number of benzene rings is 3. The number of rotatable bonds is 1. The van der Waals surface area contributed by atoms with Gasteiger partial charge in [-0.25, -0.2) is 4.98 Å². The Hall–Kier alpha value is -2.17. The fraction of sp³-hybridized carbons (Fsp3) is 0. The van der Waals surface area contributed by atoms with Crippen molar-refractivity contribution in [2.24, 2.45) is 0 Å². The number of fused-ring (bicyclic) bond motifs is 4. The molecule has 0 aliphatic rings. The monoisotopic (exact) mass is 378 g/mol. The second-order valence-corrected chi connectivity index (χ2v) is 7.26. The Bertz CT molecular complexity index is 1190. The molecule has 0 saturated heterocycles. The summed E-state index contributed by atoms with van der Waals surface area (Å²) in [7, 11) is 0. The van der Waals surface area contributed by atoms with Crippen LogP contribution >= 0.6 is 27.3 Å². The molecular weight excluding hydrogens is 368 g/mol. The lowest BCUT2D eigenvalue weighted by Gasteiger charge is -2.02. The van der Waals surface area contributed by atoms with E-state index in [9.17, 15) is 0 Å². The quantitative estimate of drug-likeness (QED) is 0.342. The van der Waals surface area contributed by atoms with Crippen LogP contribution in [0.25, 0.3) is 37.2 Å². The fourth-order valence-electron chi connectivity index (χ4n) is 3.01. The molecular formula is C19H11BrN2S. The van der Waals surface area contributed by atoms with Crippen LogP contribution in [0.15, 0.2) is 71.3 Å². The smallest absolute Gasteiger partial charge is 0.196 e. The summed E-state index contributed by atoms with van der Waals surface area (Å²) in [5, 5.41) is 2.48. The molecule has 110 valence electrons. The van der Waals surface area contributed by atoms with Crippen LogP contribution in [0.2, 0.25) is 0 Å². The number of aromatic nitrogens is 2. The molecule has 0 spiro atoms. The number of para-hydroxylation sites is 1. The Morgan fingerprint density at radius 2 is 1.65 bits per heavy atom. The van der Waals surface area contributed by atoms with E-state index < -0.39 is 0 Å². The number of nitrogens with zero attached hydrogens (tertiary/aromatic N) is 2. The van der Waals surface area contributed by atoms with Crippen molar-refractivity contribution in [3.05, 3.63) is 71.3 Å². The van der Waals surface area contributed by atoms with E-state index in [4.69, 9.17) is 4.98 Å². The van der Waals surface area contributed by atoms with E-state index in [1.54, 1.807) is 11.3 Å². The summed E-state index contributed by atoms with van der Waals surface area (Å²) in [5.74, 6) is 0. The van der Waals surface area contributed by atoms with Gasteiger partial charge >= 0.3 is 0 Å². The molecule has 0 saturated carbocycles. The van der Waals surface area contributed by atoms with Crippen molar-refractivity contribution < 1.29 is 0 Å². The highest BCUT2D eigenvalue weighted by Gasteiger charge is 2.16. The highest BCUT2D eigenvalue weighted by Crippen LogP contribution is 2.36. The molecule has 4 heteroatoms. The molecule has 0 N–H and O–H groups in total. The molecule has 0 radical (unpaired) electrons. The van der Waals surface area contributed by atoms with Gasteiger partial charge in [0.25, 0.3) is 0 Å². The second kappa shape index (κ2) is 4.91. The molecule has 2 aromatic heterocycles. The zero-order valence-corrected chi connectivity index (χ0v) is 14.4. The van der Waals surface area contributed by atoms with E-state index in [-0.39, 0.29) is 0 Å². The van der Waals surface area contributed by atoms with Gasteiger partial charge in [0.1, 0.15) is 10.3 Å². The van der Waals surface area contributed by atoms with Crippen molar-refractivity contribution in [2.45, 2.75) is 0 Å². The molecule has 0 fully saturated rings. The Labute approximate surface area is 145 Å². The van der Waals surface area contributed by atoms with Gasteiger partial charge in [-0.15, -0.1) is 0 Å². The summed E-state index contributed by atoms with van der Waals surface area (Å²) in [5.41, 5.74) is 3.32. The molecule has 2 nitrogen and oxygen atoms in total. The summed E-state index contributed by atoms with van der Waals surface area (Å²) >= 11 is 5.48. The van der Waals surface area contributed by atoms with Crippen molar-refractivity contribution in [1.82, 2.24) is 9.38 Å². The second-order valence-electron chi connectivity index (χ2n) is 5.50. The molecule has 0 aliphatic carbocycles. The van der Waals surface area contributed by atoms with E-state index in [0.29, 0.717) is 0 Å². The van der Waals surface area contributed by atoms with E-state index in [1.165, 1.54) is 21.0 Å². The van der Waals surface area contributed by atoms with E-state index in [1.807, 2.05) is 0 Å². The lowest BCUT2D eigenvalue weighted by molar-refractivity contribution is 1.25. The lowest BCUT2D eigenvalue weighted by atomic mass is 10.1. The van der Waals surface area contributed by atoms with Gasteiger partial charge in [0.05, 0.1) is 10.2 Å². The maximum absolute atomic E-state index is 4.86. The Morgan fingerprint density at radius 1 is 0.870 bits per heavy atom. The SMILES string of the molecule is Brc1c(-c2ccc3ccccc3c2)nc2sc3ccccc3n12. The first kappa shape index (κ1) is 13.3. The minimum absolute atomic E-state index is 0.993. The van der Waals surface area contributed by atoms with Gasteiger partial charge in [-0.05, 0) is 44.9 Å². The average Bonchev–Trinajstić information content (AvgIpc) is 3.11. The molecule has 0 aliphatic heterocycles. The van der Waals surface area contributed by atoms with E-state index >= 15 is 0 Å². The normalized spacial score (nSPS) is 11.7. The van der Waals surface area contributed by atoms with Gasteiger partial charge in [-0.3, -0.25) is 4.40 Å². The Balaban J connectivity index is 1.79. The third-order valence-electron chi connectivity index (χ3n) is 4.12. The van der Waals surface area contributed by atoms with Gasteiger partial charge in [0.2, 0.25) is 0 Å². The molecule has 0 amide bonds. The topological polar surface area (TPSA) is 17.3 Å². The molecule has 0 bridgehead atoms. The van der Waals surface area contributed by atoms with Gasteiger partial charge in [0.15, 0.2) is 4.96 Å². The lowest BCUT2D eigenvalue weighted by Crippen LogP contribution is -1.83. The minimum atomic E-state index is 0.993. The average molecular weight is 379 g/mol. The van der Waals surface area contributed by atoms with Crippen LogP contribution in [-0.4, -0.2) is 9.38 Å². The molecule has 5 rings (SSSR count). The minimum Gasteiger partial charge on any atom is -0.277 e. The molecule has 0 atom stereocenters. The number of hydrogen-bond donors (Lipinski definition) is 0. The molecule has 2 heterocycles. The zero-order valence-electron chi connectivity index (χ0n) is 12.0. The molecule has 3 aromatic carbocycles. The highest BCUT2D eigenvalue weighted by atomic mass is 79.9. The van der Waals surface area contributed by atoms with Crippen molar-refractivity contribution in [3.8, 4) is 11.3 Å². The molecule has 0 unspecified atom stereocenters. The number of halogens is 1. The summed E-state index contributed by atoms with van der Waals surface area (Å²) in [4.78, 5) is 5.88. The number of hydrogen-bond acceptors (Lipinski definition) is 2. The summed E-state index contributed by atoms with van der Waals surface area (Å²) < 4.78 is 4.45. The van der Waals surface area contributed by atoms with E-state index in [2.05, 4.69) is 87.1 Å². The highest BCUT2D eigenvalue weighted by molar-refractivity contribution is 9.10. The summed E-state index contributed by atoms with van der Waals surface area (Å²) in [6.45, 7) is 0.